The first-order valence-electron chi connectivity index (χ1n) is 12.9. The van der Waals surface area contributed by atoms with E-state index in [1.165, 1.54) is 0 Å². The molecule has 37 heavy (non-hydrogen) atoms. The highest BCUT2D eigenvalue weighted by atomic mass is 16.5. The van der Waals surface area contributed by atoms with Crippen LogP contribution in [0.2, 0.25) is 0 Å². The minimum absolute atomic E-state index is 0.0346. The Morgan fingerprint density at radius 1 is 1.19 bits per heavy atom. The van der Waals surface area contributed by atoms with E-state index >= 15 is 0 Å². The van der Waals surface area contributed by atoms with Crippen molar-refractivity contribution in [1.82, 2.24) is 15.3 Å². The summed E-state index contributed by atoms with van der Waals surface area (Å²) in [6, 6.07) is 13.8. The largest absolute Gasteiger partial charge is 0.391 e. The normalized spacial score (nSPS) is 24.3. The van der Waals surface area contributed by atoms with Crippen molar-refractivity contribution in [2.45, 2.75) is 51.2 Å². The first-order valence-corrected chi connectivity index (χ1v) is 12.9. The molecule has 0 amide bonds. The summed E-state index contributed by atoms with van der Waals surface area (Å²) in [6.07, 6.45) is 1.91. The van der Waals surface area contributed by atoms with Gasteiger partial charge in [-0.2, -0.15) is 5.26 Å². The van der Waals surface area contributed by atoms with Gasteiger partial charge in [0.2, 0.25) is 0 Å². The Balaban J connectivity index is 1.27. The quantitative estimate of drug-likeness (QED) is 0.466. The number of hydrogen-bond donors (Lipinski definition) is 3. The van der Waals surface area contributed by atoms with Gasteiger partial charge in [-0.15, -0.1) is 0 Å². The van der Waals surface area contributed by atoms with Crippen molar-refractivity contribution in [3.63, 3.8) is 0 Å². The fraction of sp³-hybridized carbons (Fsp3) is 0.464. The molecule has 2 aliphatic rings. The van der Waals surface area contributed by atoms with Crippen LogP contribution >= 0.6 is 0 Å². The summed E-state index contributed by atoms with van der Waals surface area (Å²) in [6.45, 7) is 7.38. The van der Waals surface area contributed by atoms with Crippen molar-refractivity contribution in [2.24, 2.45) is 0 Å². The molecule has 9 nitrogen and oxygen atoms in total. The molecule has 2 saturated heterocycles. The summed E-state index contributed by atoms with van der Waals surface area (Å²) in [5.74, 6) is 0. The lowest BCUT2D eigenvalue weighted by Gasteiger charge is -2.41. The number of benzene rings is 1. The highest BCUT2D eigenvalue weighted by molar-refractivity contribution is 5.95. The second kappa shape index (κ2) is 11.0. The summed E-state index contributed by atoms with van der Waals surface area (Å²) in [5, 5.41) is 34.3. The molecular formula is C28H34N6O3. The SMILES string of the molecule is Cc1cc(N2CC[C@@H](O)[C@H](NC[C@H]3CN(c4ccc(C#N)c5ncccc45)C[C@@H](C)O3)C2)cc(CO)n1. The summed E-state index contributed by atoms with van der Waals surface area (Å²) in [7, 11) is 0. The van der Waals surface area contributed by atoms with E-state index in [-0.39, 0.29) is 24.9 Å². The number of nitriles is 1. The van der Waals surface area contributed by atoms with Crippen molar-refractivity contribution in [1.29, 1.82) is 5.26 Å². The van der Waals surface area contributed by atoms with E-state index in [9.17, 15) is 15.5 Å². The molecule has 0 spiro atoms. The maximum atomic E-state index is 10.7. The number of morpholine rings is 1. The molecule has 0 bridgehead atoms. The van der Waals surface area contributed by atoms with Crippen LogP contribution in [0.4, 0.5) is 11.4 Å². The number of piperidine rings is 1. The zero-order valence-electron chi connectivity index (χ0n) is 21.3. The van der Waals surface area contributed by atoms with E-state index in [0.29, 0.717) is 37.3 Å². The lowest BCUT2D eigenvalue weighted by molar-refractivity contribution is -0.0187. The van der Waals surface area contributed by atoms with Crippen molar-refractivity contribution in [2.75, 3.05) is 42.5 Å². The topological polar surface area (TPSA) is 118 Å². The number of nitrogens with one attached hydrogen (secondary N) is 1. The van der Waals surface area contributed by atoms with E-state index in [1.807, 2.05) is 43.3 Å². The van der Waals surface area contributed by atoms with Gasteiger partial charge < -0.3 is 30.1 Å². The molecule has 194 valence electrons. The average molecular weight is 503 g/mol. The summed E-state index contributed by atoms with van der Waals surface area (Å²) in [4.78, 5) is 13.4. The number of aryl methyl sites for hydroxylation is 1. The smallest absolute Gasteiger partial charge is 0.101 e. The third-order valence-corrected chi connectivity index (χ3v) is 7.24. The molecule has 3 N–H and O–H groups in total. The molecule has 4 atom stereocenters. The van der Waals surface area contributed by atoms with Crippen LogP contribution in [0, 0.1) is 18.3 Å². The Morgan fingerprint density at radius 3 is 2.86 bits per heavy atom. The molecule has 5 rings (SSSR count). The van der Waals surface area contributed by atoms with Gasteiger partial charge in [0.05, 0.1) is 47.7 Å². The fourth-order valence-electron chi connectivity index (χ4n) is 5.52. The summed E-state index contributed by atoms with van der Waals surface area (Å²) < 4.78 is 6.28. The molecule has 0 aliphatic carbocycles. The lowest BCUT2D eigenvalue weighted by Crippen LogP contribution is -2.57. The number of anilines is 2. The van der Waals surface area contributed by atoms with Crippen LogP contribution in [0.1, 0.15) is 30.3 Å². The van der Waals surface area contributed by atoms with Crippen molar-refractivity contribution in [3.8, 4) is 6.07 Å². The van der Waals surface area contributed by atoms with Gasteiger partial charge in [0.1, 0.15) is 6.07 Å². The Labute approximate surface area is 217 Å². The van der Waals surface area contributed by atoms with Crippen LogP contribution in [0.5, 0.6) is 0 Å². The Morgan fingerprint density at radius 2 is 2.05 bits per heavy atom. The zero-order valence-corrected chi connectivity index (χ0v) is 21.3. The van der Waals surface area contributed by atoms with Gasteiger partial charge in [0.15, 0.2) is 0 Å². The van der Waals surface area contributed by atoms with E-state index < -0.39 is 6.10 Å². The van der Waals surface area contributed by atoms with Crippen LogP contribution in [0.15, 0.2) is 42.6 Å². The van der Waals surface area contributed by atoms with Gasteiger partial charge in [0.25, 0.3) is 0 Å². The minimum atomic E-state index is -0.442. The molecule has 4 heterocycles. The lowest BCUT2D eigenvalue weighted by atomic mass is 10.0. The number of pyridine rings is 2. The molecule has 1 aromatic carbocycles. The van der Waals surface area contributed by atoms with Crippen LogP contribution < -0.4 is 15.1 Å². The average Bonchev–Trinajstić information content (AvgIpc) is 2.91. The van der Waals surface area contributed by atoms with Crippen LogP contribution in [-0.4, -0.2) is 77.3 Å². The standard InChI is InChI=1S/C28H34N6O3/c1-18-10-22(11-21(17-35)32-18)33-9-7-27(36)25(16-33)31-13-23-15-34(14-19(2)37-23)26-6-5-20(12-29)28-24(26)4-3-8-30-28/h3-6,8,10-11,19,23,25,27,31,35-36H,7,9,13-17H2,1-2H3/t19-,23+,25-,27-/m1/s1. The molecule has 0 radical (unpaired) electrons. The number of aliphatic hydroxyl groups excluding tert-OH is 2. The number of nitrogens with zero attached hydrogens (tertiary/aromatic N) is 5. The second-order valence-electron chi connectivity index (χ2n) is 10.1. The molecule has 9 heteroatoms. The molecule has 2 aliphatic heterocycles. The number of ether oxygens (including phenoxy) is 1. The highest BCUT2D eigenvalue weighted by Crippen LogP contribution is 2.30. The maximum Gasteiger partial charge on any atom is 0.101 e. The van der Waals surface area contributed by atoms with Crippen LogP contribution in [0.25, 0.3) is 10.9 Å². The zero-order chi connectivity index (χ0) is 25.9. The van der Waals surface area contributed by atoms with Crippen molar-refractivity contribution >= 4 is 22.3 Å². The predicted octanol–water partition coefficient (Wildman–Crippen LogP) is 2.13. The maximum absolute atomic E-state index is 10.7. The molecule has 0 unspecified atom stereocenters. The summed E-state index contributed by atoms with van der Waals surface area (Å²) >= 11 is 0. The first-order chi connectivity index (χ1) is 17.9. The highest BCUT2D eigenvalue weighted by Gasteiger charge is 2.31. The monoisotopic (exact) mass is 502 g/mol. The van der Waals surface area contributed by atoms with Gasteiger partial charge in [-0.1, -0.05) is 0 Å². The van der Waals surface area contributed by atoms with E-state index in [1.54, 1.807) is 6.20 Å². The molecular weight excluding hydrogens is 468 g/mol. The van der Waals surface area contributed by atoms with Gasteiger partial charge in [0, 0.05) is 61.4 Å². The van der Waals surface area contributed by atoms with Crippen LogP contribution in [0.3, 0.4) is 0 Å². The Kier molecular flexibility index (Phi) is 7.53. The minimum Gasteiger partial charge on any atom is -0.391 e. The Hall–Kier alpha value is -3.29. The fourth-order valence-corrected chi connectivity index (χ4v) is 5.52. The van der Waals surface area contributed by atoms with Crippen LogP contribution in [-0.2, 0) is 11.3 Å². The van der Waals surface area contributed by atoms with E-state index in [4.69, 9.17) is 4.74 Å². The number of rotatable bonds is 6. The number of aromatic nitrogens is 2. The van der Waals surface area contributed by atoms with E-state index in [2.05, 4.69) is 38.1 Å². The second-order valence-corrected chi connectivity index (χ2v) is 10.1. The molecule has 3 aromatic rings. The summed E-state index contributed by atoms with van der Waals surface area (Å²) in [5.41, 5.74) is 4.89. The Bertz CT molecular complexity index is 1290. The molecule has 2 fully saturated rings. The van der Waals surface area contributed by atoms with E-state index in [0.717, 1.165) is 41.1 Å². The van der Waals surface area contributed by atoms with Crippen molar-refractivity contribution < 1.29 is 14.9 Å². The molecule has 2 aromatic heterocycles. The third-order valence-electron chi connectivity index (χ3n) is 7.24. The van der Waals surface area contributed by atoms with Crippen molar-refractivity contribution in [3.05, 3.63) is 59.5 Å². The number of fused-ring (bicyclic) bond motifs is 1. The first kappa shape index (κ1) is 25.4. The van der Waals surface area contributed by atoms with Gasteiger partial charge in [-0.05, 0) is 56.7 Å². The van der Waals surface area contributed by atoms with Gasteiger partial charge in [-0.3, -0.25) is 9.97 Å². The number of hydrogen-bond acceptors (Lipinski definition) is 9. The number of aliphatic hydroxyl groups is 2. The van der Waals surface area contributed by atoms with Gasteiger partial charge in [-0.25, -0.2) is 0 Å². The molecule has 0 saturated carbocycles. The van der Waals surface area contributed by atoms with Gasteiger partial charge >= 0.3 is 0 Å². The third kappa shape index (κ3) is 5.53. The predicted molar refractivity (Wildman–Crippen MR) is 143 cm³/mol.